The van der Waals surface area contributed by atoms with Crippen LogP contribution in [0.3, 0.4) is 0 Å². The van der Waals surface area contributed by atoms with Crippen molar-refractivity contribution in [1.29, 1.82) is 0 Å². The Hall–Kier alpha value is -1.00. The minimum absolute atomic E-state index is 0.369. The zero-order valence-electron chi connectivity index (χ0n) is 5.56. The van der Waals surface area contributed by atoms with Crippen molar-refractivity contribution >= 4 is 5.97 Å². The number of allylic oxidation sites excluding steroid dienone is 2. The van der Waals surface area contributed by atoms with Gasteiger partial charge in [-0.3, -0.25) is 4.79 Å². The lowest BCUT2D eigenvalue weighted by Crippen LogP contribution is -2.08. The Morgan fingerprint density at radius 3 is 2.55 bits per heavy atom. The molecule has 0 rings (SSSR count). The Morgan fingerprint density at radius 2 is 2.18 bits per heavy atom. The Balaban J connectivity index is 3.92. The molecule has 0 aliphatic rings. The molecule has 5 heteroatoms. The molecular weight excluding hydrogens is 161 g/mol. The number of aliphatic carboxylic acids is 1. The Bertz CT molecular complexity index is 167. The first-order chi connectivity index (χ1) is 5.07. The molecule has 0 aliphatic carbocycles. The zero-order valence-corrected chi connectivity index (χ0v) is 5.56. The lowest BCUT2D eigenvalue weighted by molar-refractivity contribution is -0.138. The highest BCUT2D eigenvalue weighted by atomic mass is 19.2. The Morgan fingerprint density at radius 1 is 1.64 bits per heavy atom. The first-order valence-corrected chi connectivity index (χ1v) is 2.85. The summed E-state index contributed by atoms with van der Waals surface area (Å²) in [4.78, 5) is 9.79. The number of hydrogen-bond donors (Lipinski definition) is 1. The maximum atomic E-state index is 12.2. The highest BCUT2D eigenvalue weighted by Crippen LogP contribution is 2.11. The second-order valence-corrected chi connectivity index (χ2v) is 1.81. The van der Waals surface area contributed by atoms with E-state index < -0.39 is 31.1 Å². The average Bonchev–Trinajstić information content (AvgIpc) is 1.86. The minimum Gasteiger partial charge on any atom is -0.481 e. The van der Waals surface area contributed by atoms with Crippen molar-refractivity contribution in [1.82, 2.24) is 0 Å². The number of alkyl halides is 2. The van der Waals surface area contributed by atoms with Gasteiger partial charge in [0.25, 0.3) is 0 Å². The summed E-state index contributed by atoms with van der Waals surface area (Å²) < 4.78 is 35.7. The fourth-order valence-electron chi connectivity index (χ4n) is 0.452. The van der Waals surface area contributed by atoms with Gasteiger partial charge in [-0.15, -0.1) is 0 Å². The van der Waals surface area contributed by atoms with Crippen molar-refractivity contribution in [2.75, 3.05) is 6.67 Å². The molecule has 0 aromatic rings. The minimum atomic E-state index is -2.23. The zero-order chi connectivity index (χ0) is 8.85. The molecule has 0 saturated heterocycles. The summed E-state index contributed by atoms with van der Waals surface area (Å²) >= 11 is 0. The average molecular weight is 168 g/mol. The maximum Gasteiger partial charge on any atom is 0.306 e. The van der Waals surface area contributed by atoms with Gasteiger partial charge in [0.1, 0.15) is 12.5 Å². The molecule has 1 atom stereocenters. The molecule has 0 aliphatic heterocycles. The standard InChI is InChI=1S/C6H7F3O2/c7-2-1-4(8)5(9)3-6(10)11/h1,5H,2-3H2,(H,10,11)/b4-1+/t5-/m0/s1. The van der Waals surface area contributed by atoms with Gasteiger partial charge in [-0.1, -0.05) is 0 Å². The largest absolute Gasteiger partial charge is 0.481 e. The van der Waals surface area contributed by atoms with Crippen LogP contribution >= 0.6 is 0 Å². The SMILES string of the molecule is O=C(O)C[C@H](F)/C(F)=C\CF. The van der Waals surface area contributed by atoms with Gasteiger partial charge in [0.2, 0.25) is 0 Å². The van der Waals surface area contributed by atoms with E-state index in [2.05, 4.69) is 0 Å². The van der Waals surface area contributed by atoms with Gasteiger partial charge in [-0.05, 0) is 6.08 Å². The molecule has 0 fully saturated rings. The van der Waals surface area contributed by atoms with Crippen LogP contribution in [0.1, 0.15) is 6.42 Å². The second kappa shape index (κ2) is 4.76. The molecule has 0 radical (unpaired) electrons. The molecule has 0 amide bonds. The lowest BCUT2D eigenvalue weighted by Gasteiger charge is -1.99. The van der Waals surface area contributed by atoms with Gasteiger partial charge >= 0.3 is 5.97 Å². The molecule has 0 bridgehead atoms. The van der Waals surface area contributed by atoms with Gasteiger partial charge in [0.15, 0.2) is 6.17 Å². The molecule has 1 N–H and O–H groups in total. The van der Waals surface area contributed by atoms with E-state index in [1.165, 1.54) is 0 Å². The molecule has 0 aromatic carbocycles. The van der Waals surface area contributed by atoms with E-state index in [9.17, 15) is 18.0 Å². The highest BCUT2D eigenvalue weighted by molar-refractivity contribution is 5.67. The van der Waals surface area contributed by atoms with Crippen molar-refractivity contribution in [2.45, 2.75) is 12.6 Å². The monoisotopic (exact) mass is 168 g/mol. The molecule has 0 heterocycles. The van der Waals surface area contributed by atoms with E-state index in [1.54, 1.807) is 0 Å². The number of hydrogen-bond acceptors (Lipinski definition) is 1. The van der Waals surface area contributed by atoms with E-state index in [0.717, 1.165) is 0 Å². The second-order valence-electron chi connectivity index (χ2n) is 1.81. The molecule has 11 heavy (non-hydrogen) atoms. The summed E-state index contributed by atoms with van der Waals surface area (Å²) in [6.45, 7) is -1.13. The molecule has 0 unspecified atom stereocenters. The topological polar surface area (TPSA) is 37.3 Å². The number of halogens is 3. The molecule has 0 aromatic heterocycles. The number of carbonyl (C=O) groups is 1. The van der Waals surface area contributed by atoms with Crippen LogP contribution in [-0.2, 0) is 4.79 Å². The fourth-order valence-corrected chi connectivity index (χ4v) is 0.452. The van der Waals surface area contributed by atoms with Gasteiger partial charge in [0.05, 0.1) is 6.42 Å². The van der Waals surface area contributed by atoms with Crippen LogP contribution < -0.4 is 0 Å². The van der Waals surface area contributed by atoms with Gasteiger partial charge < -0.3 is 5.11 Å². The Labute approximate surface area is 61.3 Å². The van der Waals surface area contributed by atoms with Crippen molar-refractivity contribution in [2.24, 2.45) is 0 Å². The van der Waals surface area contributed by atoms with Crippen LogP contribution in [0.25, 0.3) is 0 Å². The summed E-state index contributed by atoms with van der Waals surface area (Å²) in [7, 11) is 0. The third kappa shape index (κ3) is 4.41. The number of carboxylic acids is 1. The van der Waals surface area contributed by atoms with Crippen molar-refractivity contribution in [3.63, 3.8) is 0 Å². The molecule has 0 saturated carbocycles. The van der Waals surface area contributed by atoms with E-state index >= 15 is 0 Å². The normalized spacial score (nSPS) is 14.6. The first-order valence-electron chi connectivity index (χ1n) is 2.85. The highest BCUT2D eigenvalue weighted by Gasteiger charge is 2.16. The molecule has 2 nitrogen and oxygen atoms in total. The van der Waals surface area contributed by atoms with Gasteiger partial charge in [-0.25, -0.2) is 13.2 Å². The molecule has 0 spiro atoms. The molecular formula is C6H7F3O2. The van der Waals surface area contributed by atoms with Crippen molar-refractivity contribution < 1.29 is 23.1 Å². The van der Waals surface area contributed by atoms with Crippen LogP contribution in [0.5, 0.6) is 0 Å². The fraction of sp³-hybridized carbons (Fsp3) is 0.500. The third-order valence-electron chi connectivity index (χ3n) is 0.925. The quantitative estimate of drug-likeness (QED) is 0.692. The third-order valence-corrected chi connectivity index (χ3v) is 0.925. The summed E-state index contributed by atoms with van der Waals surface area (Å²) in [5, 5.41) is 7.97. The predicted octanol–water partition coefficient (Wildman–Crippen LogP) is 1.62. The van der Waals surface area contributed by atoms with Crippen molar-refractivity contribution in [3.8, 4) is 0 Å². The van der Waals surface area contributed by atoms with Crippen LogP contribution in [0.2, 0.25) is 0 Å². The lowest BCUT2D eigenvalue weighted by atomic mass is 10.2. The van der Waals surface area contributed by atoms with E-state index in [0.29, 0.717) is 6.08 Å². The smallest absolute Gasteiger partial charge is 0.306 e. The van der Waals surface area contributed by atoms with Crippen LogP contribution in [0.4, 0.5) is 13.2 Å². The molecule has 64 valence electrons. The summed E-state index contributed by atoms with van der Waals surface area (Å²) in [5.74, 6) is -2.82. The summed E-state index contributed by atoms with van der Waals surface area (Å²) in [6, 6.07) is 0. The summed E-state index contributed by atoms with van der Waals surface area (Å²) in [5.41, 5.74) is 0. The maximum absolute atomic E-state index is 12.2. The van der Waals surface area contributed by atoms with Crippen LogP contribution in [0, 0.1) is 0 Å². The van der Waals surface area contributed by atoms with Gasteiger partial charge in [-0.2, -0.15) is 0 Å². The first kappa shape index (κ1) is 10.0. The van der Waals surface area contributed by atoms with Crippen LogP contribution in [0.15, 0.2) is 11.9 Å². The van der Waals surface area contributed by atoms with Crippen molar-refractivity contribution in [3.05, 3.63) is 11.9 Å². The predicted molar refractivity (Wildman–Crippen MR) is 32.3 cm³/mol. The number of rotatable bonds is 4. The van der Waals surface area contributed by atoms with Gasteiger partial charge in [0, 0.05) is 0 Å². The van der Waals surface area contributed by atoms with E-state index in [4.69, 9.17) is 5.11 Å². The van der Waals surface area contributed by atoms with E-state index in [1.807, 2.05) is 0 Å². The summed E-state index contributed by atoms with van der Waals surface area (Å²) in [6.07, 6.45) is -2.83. The Kier molecular flexibility index (Phi) is 4.33. The van der Waals surface area contributed by atoms with Crippen LogP contribution in [-0.4, -0.2) is 23.9 Å². The number of carboxylic acid groups (broad SMARTS) is 1. The van der Waals surface area contributed by atoms with E-state index in [-0.39, 0.29) is 0 Å².